The molecule has 0 saturated carbocycles. The molecule has 27 heavy (non-hydrogen) atoms. The Morgan fingerprint density at radius 2 is 1.89 bits per heavy atom. The predicted molar refractivity (Wildman–Crippen MR) is 111 cm³/mol. The summed E-state index contributed by atoms with van der Waals surface area (Å²) in [6.45, 7) is 4.46. The van der Waals surface area contributed by atoms with Gasteiger partial charge in [0.15, 0.2) is 0 Å². The van der Waals surface area contributed by atoms with Gasteiger partial charge in [-0.15, -0.1) is 0 Å². The Kier molecular flexibility index (Phi) is 5.90. The second-order valence-electron chi connectivity index (χ2n) is 7.84. The molecule has 2 aromatic rings. The van der Waals surface area contributed by atoms with Crippen LogP contribution in [0.4, 0.5) is 17.1 Å². The lowest BCUT2D eigenvalue weighted by molar-refractivity contribution is 0.208. The van der Waals surface area contributed by atoms with Crippen molar-refractivity contribution in [2.45, 2.75) is 31.6 Å². The van der Waals surface area contributed by atoms with Gasteiger partial charge in [-0.05, 0) is 74.4 Å². The lowest BCUT2D eigenvalue weighted by Crippen LogP contribution is -2.36. The highest BCUT2D eigenvalue weighted by atomic mass is 16.3. The quantitative estimate of drug-likeness (QED) is 0.756. The van der Waals surface area contributed by atoms with E-state index in [1.807, 2.05) is 12.4 Å². The molecule has 0 aliphatic carbocycles. The molecule has 144 valence electrons. The number of anilines is 3. The average molecular weight is 367 g/mol. The van der Waals surface area contributed by atoms with Crippen LogP contribution in [0.15, 0.2) is 42.7 Å². The zero-order valence-corrected chi connectivity index (χ0v) is 15.9. The van der Waals surface area contributed by atoms with Crippen LogP contribution in [0, 0.1) is 5.92 Å². The maximum absolute atomic E-state index is 9.46. The zero-order valence-electron chi connectivity index (χ0n) is 15.9. The van der Waals surface area contributed by atoms with Crippen LogP contribution in [0.25, 0.3) is 0 Å². The van der Waals surface area contributed by atoms with E-state index < -0.39 is 0 Å². The van der Waals surface area contributed by atoms with Crippen LogP contribution < -0.4 is 15.5 Å². The maximum atomic E-state index is 9.46. The number of hydrogen-bond acceptors (Lipinski definition) is 5. The van der Waals surface area contributed by atoms with Crippen LogP contribution >= 0.6 is 0 Å². The first kappa shape index (κ1) is 18.3. The van der Waals surface area contributed by atoms with E-state index >= 15 is 0 Å². The largest absolute Gasteiger partial charge is 0.396 e. The third kappa shape index (κ3) is 4.60. The molecule has 2 aliphatic rings. The lowest BCUT2D eigenvalue weighted by atomic mass is 9.90. The van der Waals surface area contributed by atoms with Crippen LogP contribution in [0.2, 0.25) is 0 Å². The third-order valence-corrected chi connectivity index (χ3v) is 5.88. The molecular formula is C22H30N4O. The van der Waals surface area contributed by atoms with Crippen molar-refractivity contribution < 1.29 is 5.11 Å². The molecule has 1 unspecified atom stereocenters. The number of aromatic nitrogens is 1. The molecule has 2 fully saturated rings. The van der Waals surface area contributed by atoms with Gasteiger partial charge in [-0.25, -0.2) is 0 Å². The maximum Gasteiger partial charge on any atom is 0.0591 e. The van der Waals surface area contributed by atoms with Gasteiger partial charge in [-0.2, -0.15) is 0 Å². The van der Waals surface area contributed by atoms with E-state index in [4.69, 9.17) is 0 Å². The first-order valence-electron chi connectivity index (χ1n) is 10.2. The van der Waals surface area contributed by atoms with E-state index in [1.54, 1.807) is 0 Å². The van der Waals surface area contributed by atoms with E-state index in [1.165, 1.54) is 18.4 Å². The Morgan fingerprint density at radius 3 is 2.67 bits per heavy atom. The van der Waals surface area contributed by atoms with E-state index in [9.17, 15) is 5.11 Å². The molecule has 5 nitrogen and oxygen atoms in total. The number of aliphatic hydroxyl groups excluding tert-OH is 1. The predicted octanol–water partition coefficient (Wildman–Crippen LogP) is 3.50. The molecule has 5 heteroatoms. The lowest BCUT2D eigenvalue weighted by Gasteiger charge is -2.33. The van der Waals surface area contributed by atoms with Crippen LogP contribution in [0.1, 0.15) is 37.2 Å². The topological polar surface area (TPSA) is 60.4 Å². The van der Waals surface area contributed by atoms with Crippen molar-refractivity contribution in [2.75, 3.05) is 43.0 Å². The summed E-state index contributed by atoms with van der Waals surface area (Å²) < 4.78 is 0. The van der Waals surface area contributed by atoms with Crippen molar-refractivity contribution in [3.8, 4) is 0 Å². The van der Waals surface area contributed by atoms with Crippen LogP contribution in [0.5, 0.6) is 0 Å². The van der Waals surface area contributed by atoms with Gasteiger partial charge in [0.2, 0.25) is 0 Å². The molecule has 3 N–H and O–H groups in total. The Bertz CT molecular complexity index is 727. The Labute approximate surface area is 161 Å². The minimum absolute atomic E-state index is 0.269. The number of hydrogen-bond donors (Lipinski definition) is 3. The fraction of sp³-hybridized carbons (Fsp3) is 0.500. The number of pyridine rings is 1. The summed E-state index contributed by atoms with van der Waals surface area (Å²) in [4.78, 5) is 6.76. The summed E-state index contributed by atoms with van der Waals surface area (Å²) in [6, 6.07) is 11.0. The first-order chi connectivity index (χ1) is 13.3. The zero-order chi connectivity index (χ0) is 18.5. The summed E-state index contributed by atoms with van der Waals surface area (Å²) in [5.41, 5.74) is 4.67. The molecule has 1 atom stereocenters. The van der Waals surface area contributed by atoms with E-state index in [0.717, 1.165) is 56.1 Å². The molecule has 4 rings (SSSR count). The average Bonchev–Trinajstić information content (AvgIpc) is 2.75. The molecule has 1 aromatic carbocycles. The minimum atomic E-state index is 0.269. The molecule has 0 spiro atoms. The van der Waals surface area contributed by atoms with Gasteiger partial charge >= 0.3 is 0 Å². The number of nitrogens with one attached hydrogen (secondary N) is 2. The van der Waals surface area contributed by atoms with Gasteiger partial charge in [-0.1, -0.05) is 12.1 Å². The summed E-state index contributed by atoms with van der Waals surface area (Å²) in [6.07, 6.45) is 8.48. The molecular weight excluding hydrogens is 336 g/mol. The molecule has 1 aromatic heterocycles. The van der Waals surface area contributed by atoms with Crippen molar-refractivity contribution >= 4 is 17.1 Å². The van der Waals surface area contributed by atoms with E-state index in [0.29, 0.717) is 11.8 Å². The van der Waals surface area contributed by atoms with Gasteiger partial charge in [0.05, 0.1) is 23.8 Å². The van der Waals surface area contributed by atoms with E-state index in [-0.39, 0.29) is 6.61 Å². The van der Waals surface area contributed by atoms with Crippen LogP contribution in [-0.2, 0) is 0 Å². The summed E-state index contributed by atoms with van der Waals surface area (Å²) in [7, 11) is 0. The second-order valence-corrected chi connectivity index (χ2v) is 7.84. The summed E-state index contributed by atoms with van der Waals surface area (Å²) in [5.74, 6) is 1.06. The van der Waals surface area contributed by atoms with Gasteiger partial charge in [0, 0.05) is 25.4 Å². The highest BCUT2D eigenvalue weighted by Crippen LogP contribution is 2.28. The Hall–Kier alpha value is -2.11. The standard InChI is InChI=1S/C22H30N4O/c27-16-17-2-1-11-26(15-17)22-12-21(13-24-14-22)25-20-5-3-18(4-6-20)19-7-9-23-10-8-19/h3-6,12-14,17,19,23,25,27H,1-2,7-11,15-16H2. The van der Waals surface area contributed by atoms with Crippen LogP contribution in [0.3, 0.4) is 0 Å². The normalized spacial score (nSPS) is 21.2. The fourth-order valence-corrected chi connectivity index (χ4v) is 4.28. The molecule has 2 aliphatic heterocycles. The highest BCUT2D eigenvalue weighted by molar-refractivity contribution is 5.64. The summed E-state index contributed by atoms with van der Waals surface area (Å²) >= 11 is 0. The van der Waals surface area contributed by atoms with Crippen molar-refractivity contribution in [1.29, 1.82) is 0 Å². The van der Waals surface area contributed by atoms with Crippen molar-refractivity contribution in [3.05, 3.63) is 48.3 Å². The number of benzene rings is 1. The van der Waals surface area contributed by atoms with E-state index in [2.05, 4.69) is 50.8 Å². The van der Waals surface area contributed by atoms with Crippen molar-refractivity contribution in [3.63, 3.8) is 0 Å². The highest BCUT2D eigenvalue weighted by Gasteiger charge is 2.20. The molecule has 0 amide bonds. The molecule has 2 saturated heterocycles. The van der Waals surface area contributed by atoms with Gasteiger partial charge in [0.1, 0.15) is 0 Å². The SMILES string of the molecule is OCC1CCCN(c2cncc(Nc3ccc(C4CCNCC4)cc3)c2)C1. The molecule has 0 bridgehead atoms. The Balaban J connectivity index is 1.42. The third-order valence-electron chi connectivity index (χ3n) is 5.88. The molecule has 3 heterocycles. The smallest absolute Gasteiger partial charge is 0.0591 e. The fourth-order valence-electron chi connectivity index (χ4n) is 4.28. The van der Waals surface area contributed by atoms with Gasteiger partial charge in [0.25, 0.3) is 0 Å². The Morgan fingerprint density at radius 1 is 1.07 bits per heavy atom. The first-order valence-corrected chi connectivity index (χ1v) is 10.2. The number of rotatable bonds is 5. The van der Waals surface area contributed by atoms with Crippen LogP contribution in [-0.4, -0.2) is 42.9 Å². The van der Waals surface area contributed by atoms with Gasteiger partial charge in [-0.3, -0.25) is 4.98 Å². The number of aliphatic hydroxyl groups is 1. The summed E-state index contributed by atoms with van der Waals surface area (Å²) in [5, 5.41) is 16.4. The monoisotopic (exact) mass is 366 g/mol. The van der Waals surface area contributed by atoms with Crippen molar-refractivity contribution in [1.82, 2.24) is 10.3 Å². The number of piperidine rings is 2. The number of nitrogens with zero attached hydrogens (tertiary/aromatic N) is 2. The van der Waals surface area contributed by atoms with Crippen molar-refractivity contribution in [2.24, 2.45) is 5.92 Å². The minimum Gasteiger partial charge on any atom is -0.396 e. The molecule has 0 radical (unpaired) electrons. The van der Waals surface area contributed by atoms with Gasteiger partial charge < -0.3 is 20.6 Å². The second kappa shape index (κ2) is 8.72.